The maximum absolute atomic E-state index is 14.1. The van der Waals surface area contributed by atoms with E-state index in [0.717, 1.165) is 47.2 Å². The molecule has 196 valence electrons. The summed E-state index contributed by atoms with van der Waals surface area (Å²) < 4.78 is 87.1. The Balaban J connectivity index is 1.36. The average molecular weight is 537 g/mol. The fourth-order valence-electron chi connectivity index (χ4n) is 5.42. The van der Waals surface area contributed by atoms with Crippen LogP contribution in [0.25, 0.3) is 0 Å². The summed E-state index contributed by atoms with van der Waals surface area (Å²) in [6.45, 7) is 1.05. The average Bonchev–Trinajstić information content (AvgIpc) is 3.00. The normalized spacial score (nSPS) is 19.5. The predicted molar refractivity (Wildman–Crippen MR) is 131 cm³/mol. The maximum Gasteiger partial charge on any atom is 0.573 e. The first-order valence-corrected chi connectivity index (χ1v) is 13.1. The minimum atomic E-state index is -4.78. The minimum absolute atomic E-state index is 0.0496. The van der Waals surface area contributed by atoms with Crippen molar-refractivity contribution in [1.29, 1.82) is 0 Å². The highest BCUT2D eigenvalue weighted by molar-refractivity contribution is 7.90. The van der Waals surface area contributed by atoms with Gasteiger partial charge in [0.15, 0.2) is 11.5 Å². The molecule has 0 spiro atoms. The molecule has 1 N–H and O–H groups in total. The van der Waals surface area contributed by atoms with Gasteiger partial charge < -0.3 is 9.29 Å². The molecular formula is C27H25F5N2O2S. The summed E-state index contributed by atoms with van der Waals surface area (Å²) in [4.78, 5) is 0. The zero-order valence-electron chi connectivity index (χ0n) is 19.7. The van der Waals surface area contributed by atoms with Crippen molar-refractivity contribution >= 4 is 17.2 Å². The number of nitrogens with one attached hydrogen (secondary N) is 1. The molecule has 4 nitrogen and oxygen atoms in total. The van der Waals surface area contributed by atoms with Gasteiger partial charge in [-0.05, 0) is 102 Å². The third-order valence-corrected chi connectivity index (χ3v) is 8.17. The first kappa shape index (κ1) is 25.8. The Kier molecular flexibility index (Phi) is 7.33. The van der Waals surface area contributed by atoms with Crippen molar-refractivity contribution in [3.63, 3.8) is 0 Å². The molecule has 2 unspecified atom stereocenters. The molecule has 0 amide bonds. The molecule has 1 fully saturated rings. The van der Waals surface area contributed by atoms with Crippen LogP contribution in [0.15, 0.2) is 60.7 Å². The number of benzene rings is 3. The zero-order valence-corrected chi connectivity index (χ0v) is 20.5. The van der Waals surface area contributed by atoms with E-state index in [4.69, 9.17) is 0 Å². The van der Waals surface area contributed by atoms with E-state index in [1.807, 2.05) is 12.1 Å². The van der Waals surface area contributed by atoms with Crippen molar-refractivity contribution in [2.24, 2.45) is 5.92 Å². The Hall–Kier alpha value is -2.82. The number of piperidine rings is 1. The van der Waals surface area contributed by atoms with Gasteiger partial charge in [0, 0.05) is 12.5 Å². The standard InChI is InChI=1S/C27H25F5N2O2S/c28-20-5-11-24-17(14-20)3-4-18-15-21(29)6-12-25(18)26(24)19-2-1-13-34(16-19)37(35)33-22-7-9-23(10-8-22)36-27(30,31)32/h5-12,14-15,19,26,33H,1-4,13,16H2. The Labute approximate surface area is 214 Å². The number of aryl methyl sites for hydroxylation is 2. The lowest BCUT2D eigenvalue weighted by molar-refractivity contribution is -0.274. The van der Waals surface area contributed by atoms with E-state index in [1.54, 1.807) is 16.4 Å². The van der Waals surface area contributed by atoms with Gasteiger partial charge >= 0.3 is 6.36 Å². The molecular weight excluding hydrogens is 511 g/mol. The summed E-state index contributed by atoms with van der Waals surface area (Å²) >= 11 is -1.64. The lowest BCUT2D eigenvalue weighted by Gasteiger charge is -2.37. The Morgan fingerprint density at radius 2 is 1.49 bits per heavy atom. The molecule has 37 heavy (non-hydrogen) atoms. The third-order valence-electron chi connectivity index (χ3n) is 6.96. The van der Waals surface area contributed by atoms with Crippen molar-refractivity contribution in [2.45, 2.75) is 38.0 Å². The van der Waals surface area contributed by atoms with Gasteiger partial charge in [-0.3, -0.25) is 0 Å². The quantitative estimate of drug-likeness (QED) is 0.299. The Morgan fingerprint density at radius 1 is 0.892 bits per heavy atom. The van der Waals surface area contributed by atoms with E-state index in [1.165, 1.54) is 24.3 Å². The summed E-state index contributed by atoms with van der Waals surface area (Å²) in [7, 11) is 0. The second-order valence-corrected chi connectivity index (χ2v) is 10.6. The maximum atomic E-state index is 14.1. The fraction of sp³-hybridized carbons (Fsp3) is 0.333. The van der Waals surface area contributed by atoms with Crippen LogP contribution < -0.4 is 9.46 Å². The van der Waals surface area contributed by atoms with Gasteiger partial charge in [-0.1, -0.05) is 12.1 Å². The van der Waals surface area contributed by atoms with Crippen molar-refractivity contribution in [3.05, 3.63) is 94.6 Å². The SMILES string of the molecule is [O-][S+](Nc1ccc(OC(F)(F)F)cc1)N1CCCC(C2c3ccc(F)cc3CCc3cc(F)ccc32)C1. The van der Waals surface area contributed by atoms with Crippen molar-refractivity contribution in [2.75, 3.05) is 17.8 Å². The monoisotopic (exact) mass is 536 g/mol. The highest BCUT2D eigenvalue weighted by Gasteiger charge is 2.37. The van der Waals surface area contributed by atoms with Crippen LogP contribution in [0.2, 0.25) is 0 Å². The summed E-state index contributed by atoms with van der Waals surface area (Å²) in [5, 5.41) is 0. The van der Waals surface area contributed by atoms with Crippen LogP contribution in [0.3, 0.4) is 0 Å². The lowest BCUT2D eigenvalue weighted by Crippen LogP contribution is -2.44. The van der Waals surface area contributed by atoms with E-state index in [2.05, 4.69) is 9.46 Å². The highest BCUT2D eigenvalue weighted by Crippen LogP contribution is 2.43. The van der Waals surface area contributed by atoms with Crippen molar-refractivity contribution in [1.82, 2.24) is 4.31 Å². The highest BCUT2D eigenvalue weighted by atomic mass is 32.2. The second kappa shape index (κ2) is 10.5. The van der Waals surface area contributed by atoms with Gasteiger partial charge in [-0.2, -0.15) is 4.72 Å². The van der Waals surface area contributed by atoms with E-state index in [9.17, 15) is 26.5 Å². The molecule has 1 aliphatic carbocycles. The molecule has 3 aromatic carbocycles. The van der Waals surface area contributed by atoms with Gasteiger partial charge in [0.2, 0.25) is 0 Å². The second-order valence-electron chi connectivity index (χ2n) is 9.38. The number of fused-ring (bicyclic) bond motifs is 2. The fourth-order valence-corrected chi connectivity index (χ4v) is 6.51. The van der Waals surface area contributed by atoms with Crippen molar-refractivity contribution < 1.29 is 31.2 Å². The number of alkyl halides is 3. The van der Waals surface area contributed by atoms with Crippen molar-refractivity contribution in [3.8, 4) is 5.75 Å². The molecule has 0 aromatic heterocycles. The predicted octanol–water partition coefficient (Wildman–Crippen LogP) is 6.50. The van der Waals surface area contributed by atoms with Gasteiger partial charge in [-0.25, -0.2) is 8.78 Å². The van der Waals surface area contributed by atoms with E-state index in [0.29, 0.717) is 31.6 Å². The van der Waals surface area contributed by atoms with E-state index >= 15 is 0 Å². The van der Waals surface area contributed by atoms with E-state index < -0.39 is 17.9 Å². The molecule has 2 aliphatic rings. The zero-order chi connectivity index (χ0) is 26.2. The van der Waals surface area contributed by atoms with Gasteiger partial charge in [0.25, 0.3) is 0 Å². The minimum Gasteiger partial charge on any atom is -0.573 e. The lowest BCUT2D eigenvalue weighted by atomic mass is 9.75. The molecule has 0 radical (unpaired) electrons. The number of halogens is 5. The molecule has 1 aliphatic heterocycles. The molecule has 10 heteroatoms. The molecule has 1 saturated heterocycles. The molecule has 1 heterocycles. The van der Waals surface area contributed by atoms with E-state index in [-0.39, 0.29) is 29.2 Å². The number of hydrogen-bond donors (Lipinski definition) is 1. The summed E-state index contributed by atoms with van der Waals surface area (Å²) in [6.07, 6.45) is -1.93. The molecule has 5 rings (SSSR count). The Morgan fingerprint density at radius 3 is 2.05 bits per heavy atom. The van der Waals surface area contributed by atoms with Crippen LogP contribution in [-0.2, 0) is 24.4 Å². The van der Waals surface area contributed by atoms with Crippen LogP contribution in [-0.4, -0.2) is 28.3 Å². The van der Waals surface area contributed by atoms with Gasteiger partial charge in [0.05, 0.1) is 12.2 Å². The van der Waals surface area contributed by atoms with Crippen LogP contribution in [0.1, 0.15) is 41.0 Å². The number of nitrogens with zero attached hydrogens (tertiary/aromatic N) is 1. The van der Waals surface area contributed by atoms with Gasteiger partial charge in [0.1, 0.15) is 17.4 Å². The number of hydrogen-bond acceptors (Lipinski definition) is 4. The Bertz CT molecular complexity index is 1200. The largest absolute Gasteiger partial charge is 0.573 e. The van der Waals surface area contributed by atoms with Gasteiger partial charge in [-0.15, -0.1) is 17.5 Å². The van der Waals surface area contributed by atoms with Crippen LogP contribution in [0.4, 0.5) is 27.6 Å². The first-order chi connectivity index (χ1) is 17.7. The number of ether oxygens (including phenoxy) is 1. The summed E-state index contributed by atoms with van der Waals surface area (Å²) in [5.41, 5.74) is 4.22. The smallest absolute Gasteiger partial charge is 0.573 e. The summed E-state index contributed by atoms with van der Waals surface area (Å²) in [5.74, 6) is -1.03. The van der Waals surface area contributed by atoms with Crippen LogP contribution >= 0.6 is 0 Å². The molecule has 0 bridgehead atoms. The first-order valence-electron chi connectivity index (χ1n) is 12.0. The number of anilines is 1. The topological polar surface area (TPSA) is 47.6 Å². The molecule has 3 aromatic rings. The van der Waals surface area contributed by atoms with Crippen LogP contribution in [0.5, 0.6) is 5.75 Å². The molecule has 2 atom stereocenters. The summed E-state index contributed by atoms with van der Waals surface area (Å²) in [6, 6.07) is 14.7. The van der Waals surface area contributed by atoms with Crippen LogP contribution in [0, 0.1) is 17.6 Å². The number of rotatable bonds is 5. The molecule has 0 saturated carbocycles. The third kappa shape index (κ3) is 6.02.